The van der Waals surface area contributed by atoms with Gasteiger partial charge in [0.05, 0.1) is 30.3 Å². The molecule has 9 N–H and O–H groups in total. The molecule has 0 aromatic carbocycles. The van der Waals surface area contributed by atoms with Gasteiger partial charge in [0.25, 0.3) is 5.91 Å². The van der Waals surface area contributed by atoms with Crippen LogP contribution in [0, 0.1) is 36.5 Å². The highest BCUT2D eigenvalue weighted by Gasteiger charge is 2.28. The van der Waals surface area contributed by atoms with Gasteiger partial charge in [-0.1, -0.05) is 35.9 Å². The number of aryl methyl sites for hydroxylation is 2. The molecule has 616 valence electrons. The molecule has 4 aliphatic rings. The summed E-state index contributed by atoms with van der Waals surface area (Å²) in [7, 11) is 17.2. The molecule has 0 radical (unpaired) electrons. The number of nitrogen functional groups attached to an aromatic ring is 2. The smallest absolute Gasteiger partial charge is 0.358 e. The predicted octanol–water partition coefficient (Wildman–Crippen LogP) is 9.69. The number of nitriles is 2. The molecule has 16 rings (SSSR count). The molecule has 34 heteroatoms. The third kappa shape index (κ3) is 22.8. The van der Waals surface area contributed by atoms with Crippen LogP contribution in [0.5, 0.6) is 0 Å². The van der Waals surface area contributed by atoms with Crippen molar-refractivity contribution in [2.75, 3.05) is 135 Å². The summed E-state index contributed by atoms with van der Waals surface area (Å²) in [6.07, 6.45) is 22.6. The molecule has 118 heavy (non-hydrogen) atoms. The van der Waals surface area contributed by atoms with Crippen molar-refractivity contribution in [2.24, 2.45) is 5.73 Å². The lowest BCUT2D eigenvalue weighted by Gasteiger charge is -2.35. The van der Waals surface area contributed by atoms with Crippen LogP contribution < -0.4 is 42.5 Å². The van der Waals surface area contributed by atoms with Gasteiger partial charge in [-0.05, 0) is 207 Å². The Morgan fingerprint density at radius 1 is 0.517 bits per heavy atom. The minimum Gasteiger partial charge on any atom is -0.476 e. The highest BCUT2D eigenvalue weighted by Crippen LogP contribution is 2.34. The Hall–Kier alpha value is -12.5. The molecule has 0 bridgehead atoms. The molecule has 0 unspecified atom stereocenters. The first-order valence-corrected chi connectivity index (χ1v) is 39.5. The van der Waals surface area contributed by atoms with E-state index >= 15 is 0 Å². The van der Waals surface area contributed by atoms with Crippen molar-refractivity contribution >= 4 is 63.9 Å². The van der Waals surface area contributed by atoms with Crippen molar-refractivity contribution in [1.29, 1.82) is 10.5 Å². The minimum atomic E-state index is -1.26. The predicted molar refractivity (Wildman–Crippen MR) is 455 cm³/mol. The number of carboxylic acids is 1. The maximum Gasteiger partial charge on any atom is 0.358 e. The first-order valence-electron chi connectivity index (χ1n) is 39.1. The Morgan fingerprint density at radius 2 is 0.924 bits per heavy atom. The molecule has 0 atom stereocenters. The monoisotopic (exact) mass is 1620 g/mol. The van der Waals surface area contributed by atoms with Crippen LogP contribution in [0.25, 0.3) is 57.0 Å². The zero-order valence-electron chi connectivity index (χ0n) is 68.4. The lowest BCUT2D eigenvalue weighted by molar-refractivity contribution is 0.0691. The Kier molecular flexibility index (Phi) is 30.3. The normalized spacial score (nSPS) is 14.7. The minimum absolute atomic E-state index is 0.0136. The number of hydrogen-bond donors (Lipinski definition) is 6. The summed E-state index contributed by atoms with van der Waals surface area (Å²) in [4.78, 5) is 92.8. The van der Waals surface area contributed by atoms with E-state index in [1.54, 1.807) is 55.0 Å². The third-order valence-corrected chi connectivity index (χ3v) is 21.2. The van der Waals surface area contributed by atoms with Gasteiger partial charge in [0, 0.05) is 117 Å². The van der Waals surface area contributed by atoms with Crippen molar-refractivity contribution in [2.45, 2.75) is 102 Å². The number of piperidine rings is 4. The fourth-order valence-electron chi connectivity index (χ4n) is 14.1. The number of rotatable bonds is 16. The molecule has 4 saturated heterocycles. The summed E-state index contributed by atoms with van der Waals surface area (Å²) in [5.41, 5.74) is 26.0. The van der Waals surface area contributed by atoms with Crippen LogP contribution in [0.15, 0.2) is 156 Å². The zero-order chi connectivity index (χ0) is 83.9. The van der Waals surface area contributed by atoms with Crippen molar-refractivity contribution < 1.29 is 23.5 Å². The molecule has 1 amide bonds. The van der Waals surface area contributed by atoms with Gasteiger partial charge in [0.1, 0.15) is 81.3 Å². The molecule has 4 aliphatic heterocycles. The van der Waals surface area contributed by atoms with Gasteiger partial charge in [-0.2, -0.15) is 10.5 Å². The van der Waals surface area contributed by atoms with Gasteiger partial charge in [-0.25, -0.2) is 64.6 Å². The van der Waals surface area contributed by atoms with E-state index in [0.717, 1.165) is 123 Å². The molecule has 12 aromatic heterocycles. The number of halogens is 1. The molecule has 4 fully saturated rings. The van der Waals surface area contributed by atoms with Gasteiger partial charge >= 0.3 is 5.97 Å². The number of nitrogens with two attached hydrogens (primary N) is 3. The first kappa shape index (κ1) is 86.4. The Bertz CT molecular complexity index is 5360. The van der Waals surface area contributed by atoms with E-state index in [9.17, 15) is 14.7 Å². The number of aromatic carboxylic acids is 1. The Balaban J connectivity index is 0.000000151. The standard InChI is InChI=1S/C29H32N10O2.C16H12N6O3.C13H22N4.C13H18N4.C7H16N2.C6H3ClN2/c1-18-15-32-22-8-7-19(17-39(18)22)24-25(29-31-11-14-41-29)36-27(30)26(35-24)28(40)33-16-20-5-4-6-23(34-20)38-12-9-21(10-13-38)37(2)3;1-8-6-19-10-3-2-9(7-22(8)10)11-12(15-18-4-5-25-15)21-14(17)13(20-11)16(23)24;2*1-16(2)12-6-8-17(9-7-12)13-5-3-4-11(10-14)15-13;1-9(2)7-3-5-8-6-4-7;7-6-3-1-2-5(4-8)9-6/h4-8,11,14-15,17,21H,9-10,12-13,16H2,1-3H3,(H2,30,36)(H,33,40);2-7H,1H3,(H2,17,21)(H,23,24);3-5,12H,6-10,14H2,1-2H3;3-5,12H,6-9H2,1-2H3;7-8H,3-6H2,1-2H3;1-3H. The van der Waals surface area contributed by atoms with E-state index in [4.69, 9.17) is 53.1 Å². The van der Waals surface area contributed by atoms with Crippen molar-refractivity contribution in [1.82, 2.24) is 98.8 Å². The van der Waals surface area contributed by atoms with Crippen LogP contribution in [-0.4, -0.2) is 238 Å². The van der Waals surface area contributed by atoms with E-state index in [1.165, 1.54) is 63.7 Å². The van der Waals surface area contributed by atoms with Gasteiger partial charge in [-0.3, -0.25) is 4.79 Å². The van der Waals surface area contributed by atoms with E-state index < -0.39 is 11.9 Å². The molecule has 16 heterocycles. The molecular formula is C84H103ClN28O5. The maximum absolute atomic E-state index is 13.3. The summed E-state index contributed by atoms with van der Waals surface area (Å²) < 4.78 is 14.6. The summed E-state index contributed by atoms with van der Waals surface area (Å²) in [6, 6.07) is 36.6. The number of nitrogens with zero attached hydrogens (tertiary/aromatic N) is 23. The molecule has 0 spiro atoms. The number of nitrogens with one attached hydrogen (secondary N) is 2. The van der Waals surface area contributed by atoms with Crippen LogP contribution in [0.3, 0.4) is 0 Å². The number of aromatic nitrogens is 14. The second-order valence-corrected chi connectivity index (χ2v) is 30.1. The number of carbonyl (C=O) groups excluding carboxylic acids is 1. The number of anilines is 5. The van der Waals surface area contributed by atoms with Gasteiger partial charge < -0.3 is 84.9 Å². The molecule has 0 saturated carbocycles. The van der Waals surface area contributed by atoms with Crippen molar-refractivity contribution in [3.05, 3.63) is 197 Å². The lowest BCUT2D eigenvalue weighted by atomic mass is 10.0. The lowest BCUT2D eigenvalue weighted by Crippen LogP contribution is -2.42. The van der Waals surface area contributed by atoms with Crippen molar-refractivity contribution in [3.8, 4) is 57.8 Å². The number of amides is 1. The molecule has 12 aromatic rings. The largest absolute Gasteiger partial charge is 0.476 e. The average molecular weight is 1620 g/mol. The van der Waals surface area contributed by atoms with Crippen LogP contribution in [0.2, 0.25) is 5.15 Å². The SMILES string of the molecule is CN(C)C1CCN(c2cccc(C#N)n2)CC1.CN(C)C1CCN(c2cccc(CN)n2)CC1.CN(C)C1CCNCC1.Cc1cnc2ccc(-c3nc(C(=O)NCc4cccc(N5CCC(N(C)C)CC5)n4)c(N)nc3-c3ncco3)cn12.Cc1cnc2ccc(-c3nc(C(=O)O)c(N)nc3-c3ncco3)cn12.N#Cc1cccc(Cl)n1. The second-order valence-electron chi connectivity index (χ2n) is 29.7. The van der Waals surface area contributed by atoms with Crippen LogP contribution >= 0.6 is 11.6 Å². The van der Waals surface area contributed by atoms with Gasteiger partial charge in [0.15, 0.2) is 34.4 Å². The van der Waals surface area contributed by atoms with E-state index in [1.807, 2.05) is 89.5 Å². The number of fused-ring (bicyclic) bond motifs is 2. The number of carboxylic acid groups (broad SMARTS) is 1. The molecular weight excluding hydrogens is 1520 g/mol. The highest BCUT2D eigenvalue weighted by molar-refractivity contribution is 6.29. The van der Waals surface area contributed by atoms with Gasteiger partial charge in [0.2, 0.25) is 11.8 Å². The third-order valence-electron chi connectivity index (χ3n) is 21.0. The van der Waals surface area contributed by atoms with Crippen LogP contribution in [0.4, 0.5) is 29.1 Å². The quantitative estimate of drug-likeness (QED) is 0.0490. The number of oxazole rings is 2. The Morgan fingerprint density at radius 3 is 1.33 bits per heavy atom. The highest BCUT2D eigenvalue weighted by atomic mass is 35.5. The number of hydrogen-bond acceptors (Lipinski definition) is 29. The fourth-order valence-corrected chi connectivity index (χ4v) is 14.3. The first-order chi connectivity index (χ1) is 56.9. The summed E-state index contributed by atoms with van der Waals surface area (Å²) in [6.45, 7) is 13.1. The number of imidazole rings is 2. The number of carbonyl (C=O) groups is 2. The van der Waals surface area contributed by atoms with Crippen LogP contribution in [-0.2, 0) is 13.1 Å². The topological polar surface area (TPSA) is 417 Å². The number of pyridine rings is 6. The fraction of sp³-hybridized carbons (Fsp3) is 0.381. The van der Waals surface area contributed by atoms with Crippen molar-refractivity contribution in [3.63, 3.8) is 0 Å². The summed E-state index contributed by atoms with van der Waals surface area (Å²) >= 11 is 5.46. The second kappa shape index (κ2) is 41.4. The maximum atomic E-state index is 13.3. The van der Waals surface area contributed by atoms with Gasteiger partial charge in [-0.15, -0.1) is 0 Å². The van der Waals surface area contributed by atoms with Crippen LogP contribution in [0.1, 0.15) is 107 Å². The average Bonchev–Trinajstić information content (AvgIpc) is 1.48. The summed E-state index contributed by atoms with van der Waals surface area (Å²) in [5.74, 6) is 1.44. The molecule has 33 nitrogen and oxygen atoms in total. The van der Waals surface area contributed by atoms with E-state index in [-0.39, 0.29) is 47.0 Å². The Labute approximate surface area is 691 Å². The van der Waals surface area contributed by atoms with E-state index in [0.29, 0.717) is 69.4 Å². The summed E-state index contributed by atoms with van der Waals surface area (Å²) in [5, 5.41) is 33.0. The zero-order valence-corrected chi connectivity index (χ0v) is 69.1. The van der Waals surface area contributed by atoms with E-state index in [2.05, 4.69) is 168 Å². The molecule has 0 aliphatic carbocycles.